The molecule has 0 saturated heterocycles. The molecule has 9 heteroatoms. The van der Waals surface area contributed by atoms with E-state index in [1.54, 1.807) is 41.5 Å². The van der Waals surface area contributed by atoms with Gasteiger partial charge in [0.2, 0.25) is 0 Å². The van der Waals surface area contributed by atoms with Crippen molar-refractivity contribution in [3.63, 3.8) is 0 Å². The van der Waals surface area contributed by atoms with E-state index >= 15 is 0 Å². The van der Waals surface area contributed by atoms with Crippen molar-refractivity contribution in [3.05, 3.63) is 24.3 Å². The van der Waals surface area contributed by atoms with Crippen LogP contribution in [-0.2, 0) is 56.0 Å². The third-order valence-electron chi connectivity index (χ3n) is 1.52. The van der Waals surface area contributed by atoms with E-state index in [1.807, 2.05) is 0 Å². The molecule has 25 heavy (non-hydrogen) atoms. The summed E-state index contributed by atoms with van der Waals surface area (Å²) in [6.07, 6.45) is 2.91. The number of hydrogen-bond acceptors (Lipinski definition) is 8. The van der Waals surface area contributed by atoms with Crippen LogP contribution in [0.25, 0.3) is 0 Å². The van der Waals surface area contributed by atoms with Gasteiger partial charge in [0.1, 0.15) is 11.2 Å². The van der Waals surface area contributed by atoms with Crippen molar-refractivity contribution in [3.8, 4) is 0 Å². The van der Waals surface area contributed by atoms with Gasteiger partial charge >= 0.3 is 39.2 Å². The van der Waals surface area contributed by atoms with E-state index in [-0.39, 0.29) is 27.3 Å². The van der Waals surface area contributed by atoms with Crippen LogP contribution in [0.4, 0.5) is 0 Å². The average Bonchev–Trinajstić information content (AvgIpc) is 2.30. The number of carboxylic acid groups (broad SMARTS) is 2. The number of hydrogen-bond donors (Lipinski definition) is 0. The van der Waals surface area contributed by atoms with Crippen molar-refractivity contribution in [2.45, 2.75) is 52.7 Å². The molecule has 0 rings (SSSR count). The van der Waals surface area contributed by atoms with E-state index in [0.29, 0.717) is 12.2 Å². The first-order valence-corrected chi connectivity index (χ1v) is 6.86. The van der Waals surface area contributed by atoms with E-state index in [2.05, 4.69) is 0 Å². The van der Waals surface area contributed by atoms with E-state index in [9.17, 15) is 29.4 Å². The Labute approximate surface area is 167 Å². The summed E-state index contributed by atoms with van der Waals surface area (Å²) in [4.78, 5) is 41.3. The van der Waals surface area contributed by atoms with Crippen molar-refractivity contribution >= 4 is 23.9 Å². The molecule has 0 N–H and O–H groups in total. The van der Waals surface area contributed by atoms with Crippen LogP contribution in [-0.4, -0.2) is 35.1 Å². The van der Waals surface area contributed by atoms with Crippen molar-refractivity contribution in [1.82, 2.24) is 0 Å². The van der Waals surface area contributed by atoms with Crippen LogP contribution in [0.15, 0.2) is 24.3 Å². The molecule has 8 nitrogen and oxygen atoms in total. The second kappa shape index (κ2) is 12.6. The van der Waals surface area contributed by atoms with E-state index in [4.69, 9.17) is 9.47 Å². The van der Waals surface area contributed by atoms with Gasteiger partial charge in [0.15, 0.2) is 0 Å². The molecule has 0 unspecified atom stereocenters. The molecule has 0 fully saturated rings. The van der Waals surface area contributed by atoms with Gasteiger partial charge in [-0.15, -0.1) is 0 Å². The van der Waals surface area contributed by atoms with Crippen LogP contribution in [0.2, 0.25) is 0 Å². The van der Waals surface area contributed by atoms with Gasteiger partial charge in [-0.05, 0) is 53.7 Å². The molecule has 0 aliphatic heterocycles. The van der Waals surface area contributed by atoms with Crippen LogP contribution in [0.1, 0.15) is 41.5 Å². The minimum Gasteiger partial charge on any atom is -0.545 e. The maximum atomic E-state index is 10.8. The summed E-state index contributed by atoms with van der Waals surface area (Å²) in [6.45, 7) is 10.2. The first-order valence-electron chi connectivity index (χ1n) is 6.86. The summed E-state index contributed by atoms with van der Waals surface area (Å²) >= 11 is 0. The number of esters is 2. The number of carbonyl (C=O) groups is 4. The molecule has 0 bridgehead atoms. The molecule has 136 valence electrons. The summed E-state index contributed by atoms with van der Waals surface area (Å²) in [6, 6.07) is 0. The normalized spacial score (nSPS) is 11.1. The Bertz CT molecular complexity index is 473. The molecule has 0 aromatic carbocycles. The number of rotatable bonds is 4. The Balaban J connectivity index is -0.000000372. The van der Waals surface area contributed by atoms with Gasteiger partial charge in [-0.3, -0.25) is 0 Å². The maximum Gasteiger partial charge on any atom is 2.00 e. The van der Waals surface area contributed by atoms with Gasteiger partial charge in [-0.1, -0.05) is 0 Å². The summed E-state index contributed by atoms with van der Waals surface area (Å²) in [5.74, 6) is -4.21. The minimum atomic E-state index is -1.42. The molecule has 0 aliphatic rings. The van der Waals surface area contributed by atoms with Crippen molar-refractivity contribution in [1.29, 1.82) is 0 Å². The van der Waals surface area contributed by atoms with Crippen LogP contribution < -0.4 is 10.2 Å². The quantitative estimate of drug-likeness (QED) is 0.308. The van der Waals surface area contributed by atoms with Crippen LogP contribution in [0, 0.1) is 0 Å². The summed E-state index contributed by atoms with van der Waals surface area (Å²) in [7, 11) is 0. The molecule has 0 spiro atoms. The second-order valence-corrected chi connectivity index (χ2v) is 6.37. The Hall–Kier alpha value is -1.72. The molecule has 0 radical (unpaired) electrons. The molecule has 0 aromatic rings. The van der Waals surface area contributed by atoms with Gasteiger partial charge in [0.25, 0.3) is 0 Å². The van der Waals surface area contributed by atoms with E-state index < -0.39 is 35.1 Å². The van der Waals surface area contributed by atoms with Crippen molar-refractivity contribution < 1.29 is 66.2 Å². The van der Waals surface area contributed by atoms with Crippen LogP contribution >= 0.6 is 0 Å². The predicted octanol–water partition coefficient (Wildman–Crippen LogP) is -0.734. The van der Waals surface area contributed by atoms with Crippen molar-refractivity contribution in [2.24, 2.45) is 0 Å². The van der Waals surface area contributed by atoms with E-state index in [1.165, 1.54) is 0 Å². The van der Waals surface area contributed by atoms with Crippen LogP contribution in [0.5, 0.6) is 0 Å². The fourth-order valence-corrected chi connectivity index (χ4v) is 0.944. The molecule has 0 aliphatic carbocycles. The molecule has 0 saturated carbocycles. The fourth-order valence-electron chi connectivity index (χ4n) is 0.944. The van der Waals surface area contributed by atoms with Gasteiger partial charge in [0, 0.05) is 12.2 Å². The SMILES string of the molecule is CC(C)(C)OC(=O)/C=C\C(=O)[O-].CC(C)(C)OC(=O)/C=C\C(=O)[O-].[Cd+2]. The third kappa shape index (κ3) is 27.4. The Morgan fingerprint density at radius 3 is 1.04 bits per heavy atom. The topological polar surface area (TPSA) is 133 Å². The number of carbonyl (C=O) groups excluding carboxylic acids is 4. The van der Waals surface area contributed by atoms with E-state index in [0.717, 1.165) is 12.2 Å². The molecule has 0 aromatic heterocycles. The maximum absolute atomic E-state index is 10.8. The zero-order valence-corrected chi connectivity index (χ0v) is 19.3. The molecular formula is C16H22CdO8. The third-order valence-corrected chi connectivity index (χ3v) is 1.52. The van der Waals surface area contributed by atoms with Gasteiger partial charge in [0.05, 0.1) is 11.9 Å². The zero-order chi connectivity index (χ0) is 19.6. The molecule has 0 heterocycles. The smallest absolute Gasteiger partial charge is 0.545 e. The van der Waals surface area contributed by atoms with Gasteiger partial charge in [-0.2, -0.15) is 0 Å². The Morgan fingerprint density at radius 2 is 0.880 bits per heavy atom. The Morgan fingerprint density at radius 1 is 0.640 bits per heavy atom. The number of ether oxygens (including phenoxy) is 2. The predicted molar refractivity (Wildman–Crippen MR) is 80.0 cm³/mol. The minimum absolute atomic E-state index is 0. The molecular weight excluding hydrogens is 433 g/mol. The molecule has 0 amide bonds. The number of carboxylic acids is 2. The van der Waals surface area contributed by atoms with Crippen LogP contribution in [0.3, 0.4) is 0 Å². The monoisotopic (exact) mass is 456 g/mol. The van der Waals surface area contributed by atoms with Crippen molar-refractivity contribution in [2.75, 3.05) is 0 Å². The first-order chi connectivity index (χ1) is 10.6. The summed E-state index contributed by atoms with van der Waals surface area (Å²) in [5.41, 5.74) is -1.21. The fraction of sp³-hybridized carbons (Fsp3) is 0.500. The van der Waals surface area contributed by atoms with Gasteiger partial charge in [-0.25, -0.2) is 9.59 Å². The van der Waals surface area contributed by atoms with Gasteiger partial charge < -0.3 is 29.3 Å². The number of aliphatic carboxylic acids is 2. The zero-order valence-electron chi connectivity index (χ0n) is 15.3. The second-order valence-electron chi connectivity index (χ2n) is 6.37. The summed E-state index contributed by atoms with van der Waals surface area (Å²) in [5, 5.41) is 19.7. The largest absolute Gasteiger partial charge is 2.00 e. The standard InChI is InChI=1S/2C8H12O4.Cd/c2*1-8(2,3)12-7(11)5-4-6(9)10;/h2*4-5H,1-3H3,(H,9,10);/q;;+2/p-2/b2*5-4-;. The Kier molecular flexibility index (Phi) is 14.2. The average molecular weight is 455 g/mol. The summed E-state index contributed by atoms with van der Waals surface area (Å²) < 4.78 is 9.54. The first kappa shape index (κ1) is 28.1. The molecule has 0 atom stereocenters.